The van der Waals surface area contributed by atoms with Crippen molar-refractivity contribution in [3.63, 3.8) is 0 Å². The molecule has 0 aliphatic rings. The lowest BCUT2D eigenvalue weighted by atomic mass is 10.2. The molecule has 0 atom stereocenters. The average molecular weight is 435 g/mol. The summed E-state index contributed by atoms with van der Waals surface area (Å²) in [4.78, 5) is 23.8. The van der Waals surface area contributed by atoms with Crippen LogP contribution in [0.2, 0.25) is 0 Å². The molecule has 0 bridgehead atoms. The van der Waals surface area contributed by atoms with Gasteiger partial charge < -0.3 is 14.8 Å². The van der Waals surface area contributed by atoms with Crippen LogP contribution in [0, 0.1) is 5.82 Å². The van der Waals surface area contributed by atoms with Crippen LogP contribution >= 0.6 is 0 Å². The van der Waals surface area contributed by atoms with E-state index in [0.29, 0.717) is 36.0 Å². The molecule has 164 valence electrons. The second kappa shape index (κ2) is 11.3. The summed E-state index contributed by atoms with van der Waals surface area (Å²) in [5, 5.41) is 6.27. The SMILES string of the molecule is CCOc1ccc(NC(=O)C(=O)N/N=C/c2ccc(OCc3ccc(F)cc3)cc2)cc1. The van der Waals surface area contributed by atoms with E-state index in [2.05, 4.69) is 15.8 Å². The van der Waals surface area contributed by atoms with Crippen LogP contribution in [0.1, 0.15) is 18.1 Å². The molecule has 0 heterocycles. The van der Waals surface area contributed by atoms with Crippen molar-refractivity contribution in [2.24, 2.45) is 5.10 Å². The number of anilines is 1. The smallest absolute Gasteiger partial charge is 0.329 e. The molecule has 0 fully saturated rings. The van der Waals surface area contributed by atoms with Gasteiger partial charge in [0.25, 0.3) is 0 Å². The summed E-state index contributed by atoms with van der Waals surface area (Å²) in [5.74, 6) is -0.722. The number of amides is 2. The molecule has 0 unspecified atom stereocenters. The van der Waals surface area contributed by atoms with E-state index in [1.54, 1.807) is 60.7 Å². The van der Waals surface area contributed by atoms with Crippen molar-refractivity contribution in [1.29, 1.82) is 0 Å². The molecule has 0 aromatic heterocycles. The summed E-state index contributed by atoms with van der Waals surface area (Å²) in [7, 11) is 0. The number of benzene rings is 3. The third-order valence-corrected chi connectivity index (χ3v) is 4.21. The number of halogens is 1. The highest BCUT2D eigenvalue weighted by Gasteiger charge is 2.12. The second-order valence-electron chi connectivity index (χ2n) is 6.59. The Kier molecular flexibility index (Phi) is 7.91. The van der Waals surface area contributed by atoms with Crippen LogP contribution in [-0.4, -0.2) is 24.6 Å². The Hall–Kier alpha value is -4.20. The van der Waals surface area contributed by atoms with Gasteiger partial charge in [0.05, 0.1) is 12.8 Å². The number of carbonyl (C=O) groups excluding carboxylic acids is 2. The maximum atomic E-state index is 12.9. The summed E-state index contributed by atoms with van der Waals surface area (Å²) >= 11 is 0. The highest BCUT2D eigenvalue weighted by atomic mass is 19.1. The van der Waals surface area contributed by atoms with Crippen LogP contribution in [0.4, 0.5) is 10.1 Å². The van der Waals surface area contributed by atoms with Crippen LogP contribution in [-0.2, 0) is 16.2 Å². The van der Waals surface area contributed by atoms with Crippen LogP contribution in [0.15, 0.2) is 77.9 Å². The van der Waals surface area contributed by atoms with Crippen LogP contribution in [0.5, 0.6) is 11.5 Å². The molecule has 3 aromatic rings. The van der Waals surface area contributed by atoms with Gasteiger partial charge in [0.2, 0.25) is 0 Å². The zero-order chi connectivity index (χ0) is 22.8. The number of nitrogens with zero attached hydrogens (tertiary/aromatic N) is 1. The van der Waals surface area contributed by atoms with Crippen molar-refractivity contribution in [3.05, 3.63) is 89.7 Å². The lowest BCUT2D eigenvalue weighted by Crippen LogP contribution is -2.32. The van der Waals surface area contributed by atoms with Crippen molar-refractivity contribution in [3.8, 4) is 11.5 Å². The van der Waals surface area contributed by atoms with Gasteiger partial charge in [-0.25, -0.2) is 9.82 Å². The number of hydrazone groups is 1. The first-order chi connectivity index (χ1) is 15.5. The quantitative estimate of drug-likeness (QED) is 0.319. The third-order valence-electron chi connectivity index (χ3n) is 4.21. The number of nitrogens with one attached hydrogen (secondary N) is 2. The first-order valence-corrected chi connectivity index (χ1v) is 9.88. The van der Waals surface area contributed by atoms with Gasteiger partial charge >= 0.3 is 11.8 Å². The minimum absolute atomic E-state index is 0.293. The summed E-state index contributed by atoms with van der Waals surface area (Å²) in [6.45, 7) is 2.73. The Balaban J connectivity index is 1.44. The zero-order valence-corrected chi connectivity index (χ0v) is 17.4. The number of hydrogen-bond donors (Lipinski definition) is 2. The van der Waals surface area contributed by atoms with Crippen molar-refractivity contribution in [1.82, 2.24) is 5.43 Å². The molecule has 0 radical (unpaired) electrons. The molecule has 2 amide bonds. The highest BCUT2D eigenvalue weighted by Crippen LogP contribution is 2.16. The third kappa shape index (κ3) is 6.94. The molecule has 0 aliphatic carbocycles. The molecule has 0 spiro atoms. The molecule has 2 N–H and O–H groups in total. The molecule has 0 aliphatic heterocycles. The van der Waals surface area contributed by atoms with E-state index in [-0.39, 0.29) is 5.82 Å². The molecule has 8 heteroatoms. The maximum Gasteiger partial charge on any atom is 0.329 e. The first kappa shape index (κ1) is 22.5. The first-order valence-electron chi connectivity index (χ1n) is 9.88. The van der Waals surface area contributed by atoms with Gasteiger partial charge in [0.1, 0.15) is 23.9 Å². The van der Waals surface area contributed by atoms with Crippen molar-refractivity contribution >= 4 is 23.7 Å². The van der Waals surface area contributed by atoms with Crippen LogP contribution in [0.25, 0.3) is 0 Å². The predicted octanol–water partition coefficient (Wildman–Crippen LogP) is 3.89. The lowest BCUT2D eigenvalue weighted by Gasteiger charge is -2.07. The molecule has 0 saturated heterocycles. The normalized spacial score (nSPS) is 10.6. The van der Waals surface area contributed by atoms with Crippen molar-refractivity contribution in [2.45, 2.75) is 13.5 Å². The minimum atomic E-state index is -0.894. The second-order valence-corrected chi connectivity index (χ2v) is 6.59. The summed E-state index contributed by atoms with van der Waals surface area (Å²) in [5.41, 5.74) is 4.20. The molecular formula is C24H22FN3O4. The lowest BCUT2D eigenvalue weighted by molar-refractivity contribution is -0.136. The molecule has 3 rings (SSSR count). The zero-order valence-electron chi connectivity index (χ0n) is 17.4. The molecule has 3 aromatic carbocycles. The van der Waals surface area contributed by atoms with Crippen LogP contribution < -0.4 is 20.2 Å². The monoisotopic (exact) mass is 435 g/mol. The van der Waals surface area contributed by atoms with Gasteiger partial charge in [-0.05, 0) is 78.7 Å². The van der Waals surface area contributed by atoms with Gasteiger partial charge in [0.15, 0.2) is 0 Å². The van der Waals surface area contributed by atoms with Gasteiger partial charge in [0, 0.05) is 5.69 Å². The molecule has 0 saturated carbocycles. The molecular weight excluding hydrogens is 413 g/mol. The topological polar surface area (TPSA) is 89.0 Å². The average Bonchev–Trinajstić information content (AvgIpc) is 2.81. The van der Waals surface area contributed by atoms with Crippen molar-refractivity contribution in [2.75, 3.05) is 11.9 Å². The number of ether oxygens (including phenoxy) is 2. The van der Waals surface area contributed by atoms with E-state index in [1.165, 1.54) is 18.3 Å². The van der Waals surface area contributed by atoms with E-state index in [0.717, 1.165) is 5.56 Å². The standard InChI is InChI=1S/C24H22FN3O4/c1-2-31-21-13-9-20(10-14-21)27-23(29)24(30)28-26-15-17-5-11-22(12-6-17)32-16-18-3-7-19(25)8-4-18/h3-15H,2,16H2,1H3,(H,27,29)(H,28,30)/b26-15+. The van der Waals surface area contributed by atoms with E-state index >= 15 is 0 Å². The van der Waals surface area contributed by atoms with Gasteiger partial charge in [-0.2, -0.15) is 5.10 Å². The largest absolute Gasteiger partial charge is 0.494 e. The number of hydrogen-bond acceptors (Lipinski definition) is 5. The summed E-state index contributed by atoms with van der Waals surface area (Å²) < 4.78 is 23.9. The van der Waals surface area contributed by atoms with E-state index in [9.17, 15) is 14.0 Å². The van der Waals surface area contributed by atoms with Gasteiger partial charge in [-0.3, -0.25) is 9.59 Å². The van der Waals surface area contributed by atoms with E-state index < -0.39 is 11.8 Å². The van der Waals surface area contributed by atoms with Crippen molar-refractivity contribution < 1.29 is 23.5 Å². The van der Waals surface area contributed by atoms with Gasteiger partial charge in [-0.1, -0.05) is 12.1 Å². The molecule has 32 heavy (non-hydrogen) atoms. The fourth-order valence-electron chi connectivity index (χ4n) is 2.60. The number of carbonyl (C=O) groups is 2. The Bertz CT molecular complexity index is 1070. The van der Waals surface area contributed by atoms with Gasteiger partial charge in [-0.15, -0.1) is 0 Å². The Labute approximate surface area is 184 Å². The molecule has 7 nitrogen and oxygen atoms in total. The fraction of sp³-hybridized carbons (Fsp3) is 0.125. The summed E-state index contributed by atoms with van der Waals surface area (Å²) in [6.07, 6.45) is 1.41. The Morgan fingerprint density at radius 3 is 2.16 bits per heavy atom. The maximum absolute atomic E-state index is 12.9. The Morgan fingerprint density at radius 1 is 0.875 bits per heavy atom. The van der Waals surface area contributed by atoms with E-state index in [1.807, 2.05) is 6.92 Å². The van der Waals surface area contributed by atoms with Crippen LogP contribution in [0.3, 0.4) is 0 Å². The van der Waals surface area contributed by atoms with E-state index in [4.69, 9.17) is 9.47 Å². The summed E-state index contributed by atoms with van der Waals surface area (Å²) in [6, 6.07) is 19.7. The number of rotatable bonds is 8. The predicted molar refractivity (Wildman–Crippen MR) is 119 cm³/mol. The fourth-order valence-corrected chi connectivity index (χ4v) is 2.60. The highest BCUT2D eigenvalue weighted by molar-refractivity contribution is 6.39. The minimum Gasteiger partial charge on any atom is -0.494 e. The Morgan fingerprint density at radius 2 is 1.50 bits per heavy atom.